The van der Waals surface area contributed by atoms with Crippen LogP contribution in [-0.4, -0.2) is 62.1 Å². The number of benzene rings is 1. The van der Waals surface area contributed by atoms with Crippen molar-refractivity contribution in [1.29, 1.82) is 0 Å². The summed E-state index contributed by atoms with van der Waals surface area (Å²) in [5, 5.41) is 4.51. The quantitative estimate of drug-likeness (QED) is 0.403. The first-order valence-electron chi connectivity index (χ1n) is 12.3. The van der Waals surface area contributed by atoms with Crippen LogP contribution in [-0.2, 0) is 16.0 Å². The molecule has 37 heavy (non-hydrogen) atoms. The molecule has 4 aromatic rings. The molecule has 0 saturated carbocycles. The van der Waals surface area contributed by atoms with E-state index >= 15 is 0 Å². The second-order valence-corrected chi connectivity index (χ2v) is 9.80. The normalized spacial score (nSPS) is 20.4. The van der Waals surface area contributed by atoms with E-state index in [1.54, 1.807) is 0 Å². The fourth-order valence-electron chi connectivity index (χ4n) is 4.71. The van der Waals surface area contributed by atoms with Crippen LogP contribution in [0.1, 0.15) is 30.0 Å². The lowest BCUT2D eigenvalue weighted by Gasteiger charge is -2.36. The summed E-state index contributed by atoms with van der Waals surface area (Å²) in [6.45, 7) is 9.02. The molecule has 2 aliphatic heterocycles. The number of hydrogen-bond acceptors (Lipinski definition) is 8. The third-order valence-corrected chi connectivity index (χ3v) is 6.84. The van der Waals surface area contributed by atoms with Crippen LogP contribution < -0.4 is 4.90 Å². The summed E-state index contributed by atoms with van der Waals surface area (Å²) in [6, 6.07) is 3.43. The van der Waals surface area contributed by atoms with E-state index in [2.05, 4.69) is 15.1 Å². The van der Waals surface area contributed by atoms with Crippen molar-refractivity contribution in [2.45, 2.75) is 39.5 Å². The smallest absolute Gasteiger partial charge is 0.228 e. The maximum Gasteiger partial charge on any atom is 0.228 e. The topological polar surface area (TPSA) is 91.1 Å². The average molecular weight is 508 g/mol. The Balaban J connectivity index is 1.37. The lowest BCUT2D eigenvalue weighted by Crippen LogP contribution is -2.43. The summed E-state index contributed by atoms with van der Waals surface area (Å²) < 4.78 is 42.0. The van der Waals surface area contributed by atoms with Crippen LogP contribution in [0.25, 0.3) is 22.4 Å². The molecule has 5 heterocycles. The zero-order valence-electron chi connectivity index (χ0n) is 20.9. The van der Waals surface area contributed by atoms with Crippen LogP contribution in [0.5, 0.6) is 0 Å². The third-order valence-electron chi connectivity index (χ3n) is 6.84. The van der Waals surface area contributed by atoms with Crippen molar-refractivity contribution in [3.8, 4) is 11.3 Å². The molecule has 1 aromatic carbocycles. The Morgan fingerprint density at radius 1 is 1.03 bits per heavy atom. The average Bonchev–Trinajstić information content (AvgIpc) is 3.30. The Kier molecular flexibility index (Phi) is 6.04. The van der Waals surface area contributed by atoms with Crippen molar-refractivity contribution in [2.24, 2.45) is 5.92 Å². The number of nitrogens with zero attached hydrogens (tertiary/aromatic N) is 7. The van der Waals surface area contributed by atoms with Crippen molar-refractivity contribution < 1.29 is 18.3 Å². The summed E-state index contributed by atoms with van der Waals surface area (Å²) in [5.74, 6) is -0.500. The first kappa shape index (κ1) is 23.8. The highest BCUT2D eigenvalue weighted by Crippen LogP contribution is 2.32. The Morgan fingerprint density at radius 2 is 1.84 bits per heavy atom. The summed E-state index contributed by atoms with van der Waals surface area (Å²) in [7, 11) is 0. The van der Waals surface area contributed by atoms with Gasteiger partial charge in [0.1, 0.15) is 28.9 Å². The van der Waals surface area contributed by atoms with Crippen molar-refractivity contribution in [3.05, 3.63) is 59.2 Å². The van der Waals surface area contributed by atoms with Crippen molar-refractivity contribution in [1.82, 2.24) is 29.7 Å². The number of morpholine rings is 1. The van der Waals surface area contributed by atoms with Crippen LogP contribution in [0.15, 0.2) is 30.6 Å². The predicted octanol–water partition coefficient (Wildman–Crippen LogP) is 3.79. The Labute approximate surface area is 212 Å². The largest absolute Gasteiger partial charge is 0.381 e. The number of aryl methyl sites for hydroxylation is 2. The van der Waals surface area contributed by atoms with E-state index < -0.39 is 11.6 Å². The van der Waals surface area contributed by atoms with E-state index in [1.807, 2.05) is 42.7 Å². The van der Waals surface area contributed by atoms with Gasteiger partial charge in [-0.05, 0) is 32.9 Å². The van der Waals surface area contributed by atoms with Crippen LogP contribution in [0.2, 0.25) is 0 Å². The molecule has 11 heteroatoms. The van der Waals surface area contributed by atoms with Crippen molar-refractivity contribution in [3.63, 3.8) is 0 Å². The minimum absolute atomic E-state index is 0.113. The summed E-state index contributed by atoms with van der Waals surface area (Å²) in [5.41, 5.74) is 3.53. The van der Waals surface area contributed by atoms with Crippen molar-refractivity contribution in [2.75, 3.05) is 31.2 Å². The SMILES string of the molecule is Cc1nc2nc(N3C[C@@H](C)O[C@@H](c4cnn(CC5COC5)c4)C3)nc(-c3ccc(F)cc3F)c2nc1C. The maximum atomic E-state index is 14.9. The number of ether oxygens (including phenoxy) is 2. The molecule has 0 amide bonds. The van der Waals surface area contributed by atoms with Gasteiger partial charge in [-0.2, -0.15) is 10.1 Å². The Morgan fingerprint density at radius 3 is 2.59 bits per heavy atom. The van der Waals surface area contributed by atoms with E-state index in [-0.39, 0.29) is 23.5 Å². The predicted molar refractivity (Wildman–Crippen MR) is 132 cm³/mol. The molecule has 3 aromatic heterocycles. The lowest BCUT2D eigenvalue weighted by atomic mass is 10.1. The van der Waals surface area contributed by atoms with Crippen molar-refractivity contribution >= 4 is 17.1 Å². The molecule has 0 aliphatic carbocycles. The zero-order chi connectivity index (χ0) is 25.7. The Bertz CT molecular complexity index is 1470. The number of hydrogen-bond donors (Lipinski definition) is 0. The van der Waals surface area contributed by atoms with Gasteiger partial charge >= 0.3 is 0 Å². The first-order chi connectivity index (χ1) is 17.8. The fourth-order valence-corrected chi connectivity index (χ4v) is 4.71. The fraction of sp³-hybridized carbons (Fsp3) is 0.423. The molecule has 0 bridgehead atoms. The molecule has 2 saturated heterocycles. The van der Waals surface area contributed by atoms with Gasteiger partial charge in [0.15, 0.2) is 5.65 Å². The van der Waals surface area contributed by atoms with E-state index in [0.29, 0.717) is 41.8 Å². The van der Waals surface area contributed by atoms with Crippen LogP contribution in [0, 0.1) is 31.4 Å². The molecule has 6 rings (SSSR count). The Hall–Kier alpha value is -3.57. The third kappa shape index (κ3) is 4.64. The van der Waals surface area contributed by atoms with Gasteiger partial charge in [0.2, 0.25) is 5.95 Å². The second-order valence-electron chi connectivity index (χ2n) is 9.80. The van der Waals surface area contributed by atoms with E-state index in [9.17, 15) is 8.78 Å². The number of rotatable bonds is 5. The number of anilines is 1. The second kappa shape index (κ2) is 9.38. The minimum Gasteiger partial charge on any atom is -0.381 e. The van der Waals surface area contributed by atoms with E-state index in [1.165, 1.54) is 12.1 Å². The van der Waals surface area contributed by atoms with Gasteiger partial charge in [-0.1, -0.05) is 0 Å². The van der Waals surface area contributed by atoms with E-state index in [0.717, 1.165) is 37.1 Å². The van der Waals surface area contributed by atoms with E-state index in [4.69, 9.17) is 19.4 Å². The van der Waals surface area contributed by atoms with Crippen LogP contribution >= 0.6 is 0 Å². The van der Waals surface area contributed by atoms with Gasteiger partial charge in [-0.25, -0.2) is 23.7 Å². The molecule has 2 aliphatic rings. The number of fused-ring (bicyclic) bond motifs is 1. The van der Waals surface area contributed by atoms with Gasteiger partial charge in [0.05, 0.1) is 43.4 Å². The maximum absolute atomic E-state index is 14.9. The standard InChI is InChI=1S/C26H27F2N7O2/c1-14-8-34(11-22(37-14)18-7-29-35(10-18)9-17-12-36-13-17)26-32-23(20-5-4-19(27)6-21(20)28)24-25(33-26)31-16(3)15(2)30-24/h4-7,10,14,17,22H,8-9,11-13H2,1-3H3/t14-,22-/m1/s1. The number of halogens is 2. The van der Waals surface area contributed by atoms with Gasteiger partial charge in [-0.15, -0.1) is 0 Å². The highest BCUT2D eigenvalue weighted by Gasteiger charge is 2.31. The summed E-state index contributed by atoms with van der Waals surface area (Å²) in [4.78, 5) is 20.7. The highest BCUT2D eigenvalue weighted by atomic mass is 19.1. The molecule has 0 spiro atoms. The van der Waals surface area contributed by atoms with Gasteiger partial charge in [-0.3, -0.25) is 4.68 Å². The molecule has 2 atom stereocenters. The number of aromatic nitrogens is 6. The molecule has 0 unspecified atom stereocenters. The molecular weight excluding hydrogens is 480 g/mol. The molecular formula is C26H27F2N7O2. The highest BCUT2D eigenvalue weighted by molar-refractivity contribution is 5.88. The molecule has 9 nitrogen and oxygen atoms in total. The molecule has 0 radical (unpaired) electrons. The van der Waals surface area contributed by atoms with Gasteiger partial charge in [0, 0.05) is 42.4 Å². The van der Waals surface area contributed by atoms with Gasteiger partial charge < -0.3 is 14.4 Å². The van der Waals surface area contributed by atoms with Crippen LogP contribution in [0.4, 0.5) is 14.7 Å². The van der Waals surface area contributed by atoms with Gasteiger partial charge in [0.25, 0.3) is 0 Å². The molecule has 192 valence electrons. The van der Waals surface area contributed by atoms with Crippen LogP contribution in [0.3, 0.4) is 0 Å². The zero-order valence-corrected chi connectivity index (χ0v) is 20.9. The first-order valence-corrected chi connectivity index (χ1v) is 12.3. The summed E-state index contributed by atoms with van der Waals surface area (Å²) >= 11 is 0. The molecule has 2 fully saturated rings. The summed E-state index contributed by atoms with van der Waals surface area (Å²) in [6.07, 6.45) is 3.49. The minimum atomic E-state index is -0.719. The lowest BCUT2D eigenvalue weighted by molar-refractivity contribution is -0.0409. The monoisotopic (exact) mass is 507 g/mol. The molecule has 0 N–H and O–H groups in total.